The van der Waals surface area contributed by atoms with E-state index in [2.05, 4.69) is 11.1 Å². The molecular formula is C16H18ClNO2. The van der Waals surface area contributed by atoms with Crippen molar-refractivity contribution in [2.24, 2.45) is 0 Å². The van der Waals surface area contributed by atoms with Gasteiger partial charge in [-0.2, -0.15) is 0 Å². The Bertz CT molecular complexity index is 560. The number of nitrogens with zero attached hydrogens (tertiary/aromatic N) is 1. The monoisotopic (exact) mass is 291 g/mol. The van der Waals surface area contributed by atoms with E-state index in [9.17, 15) is 5.11 Å². The van der Waals surface area contributed by atoms with Crippen LogP contribution in [-0.2, 0) is 12.8 Å². The molecule has 0 saturated carbocycles. The van der Waals surface area contributed by atoms with E-state index in [1.807, 2.05) is 30.3 Å². The van der Waals surface area contributed by atoms with Crippen molar-refractivity contribution in [1.82, 2.24) is 4.98 Å². The number of fused-ring (bicyclic) bond motifs is 1. The van der Waals surface area contributed by atoms with Crippen molar-refractivity contribution >= 4 is 12.4 Å². The Morgan fingerprint density at radius 1 is 1.15 bits per heavy atom. The molecule has 106 valence electrons. The van der Waals surface area contributed by atoms with Gasteiger partial charge in [0.15, 0.2) is 0 Å². The van der Waals surface area contributed by atoms with Gasteiger partial charge in [0, 0.05) is 6.20 Å². The fraction of sp³-hybridized carbons (Fsp3) is 0.312. The predicted molar refractivity (Wildman–Crippen MR) is 80.4 cm³/mol. The molecule has 2 aromatic rings. The highest BCUT2D eigenvalue weighted by molar-refractivity contribution is 5.85. The first-order valence-corrected chi connectivity index (χ1v) is 6.67. The fourth-order valence-corrected chi connectivity index (χ4v) is 2.55. The Hall–Kier alpha value is -1.58. The Kier molecular flexibility index (Phi) is 4.99. The van der Waals surface area contributed by atoms with Crippen LogP contribution in [0.3, 0.4) is 0 Å². The number of ether oxygens (including phenoxy) is 1. The first-order valence-electron chi connectivity index (χ1n) is 6.67. The minimum Gasteiger partial charge on any atom is -0.490 e. The lowest BCUT2D eigenvalue weighted by molar-refractivity contribution is 0.104. The summed E-state index contributed by atoms with van der Waals surface area (Å²) in [6, 6.07) is 11.7. The molecule has 20 heavy (non-hydrogen) atoms. The van der Waals surface area contributed by atoms with Gasteiger partial charge in [0.05, 0.1) is 5.69 Å². The Labute approximate surface area is 125 Å². The van der Waals surface area contributed by atoms with E-state index < -0.39 is 6.10 Å². The summed E-state index contributed by atoms with van der Waals surface area (Å²) in [4.78, 5) is 4.13. The zero-order valence-electron chi connectivity index (χ0n) is 11.2. The van der Waals surface area contributed by atoms with Gasteiger partial charge in [-0.3, -0.25) is 4.98 Å². The number of rotatable bonds is 4. The lowest BCUT2D eigenvalue weighted by Gasteiger charge is -2.14. The van der Waals surface area contributed by atoms with Gasteiger partial charge in [-0.1, -0.05) is 18.2 Å². The summed E-state index contributed by atoms with van der Waals surface area (Å²) in [5.41, 5.74) is 3.33. The normalized spacial score (nSPS) is 14.2. The van der Waals surface area contributed by atoms with Crippen LogP contribution in [0.2, 0.25) is 0 Å². The molecule has 0 radical (unpaired) electrons. The quantitative estimate of drug-likeness (QED) is 0.941. The average molecular weight is 292 g/mol. The summed E-state index contributed by atoms with van der Waals surface area (Å²) in [5.74, 6) is 0.907. The zero-order chi connectivity index (χ0) is 13.1. The van der Waals surface area contributed by atoms with Crippen molar-refractivity contribution in [1.29, 1.82) is 0 Å². The molecule has 1 unspecified atom stereocenters. The summed E-state index contributed by atoms with van der Waals surface area (Å²) in [7, 11) is 0. The van der Waals surface area contributed by atoms with E-state index in [-0.39, 0.29) is 19.0 Å². The number of hydrogen-bond donors (Lipinski definition) is 1. The molecule has 1 aromatic heterocycles. The van der Waals surface area contributed by atoms with Gasteiger partial charge < -0.3 is 9.84 Å². The number of aryl methyl sites for hydroxylation is 1. The highest BCUT2D eigenvalue weighted by Gasteiger charge is 2.16. The molecule has 1 N–H and O–H groups in total. The third-order valence-electron chi connectivity index (χ3n) is 3.53. The van der Waals surface area contributed by atoms with Crippen molar-refractivity contribution in [3.8, 4) is 5.75 Å². The zero-order valence-corrected chi connectivity index (χ0v) is 12.0. The summed E-state index contributed by atoms with van der Waals surface area (Å²) >= 11 is 0. The van der Waals surface area contributed by atoms with Crippen LogP contribution in [-0.4, -0.2) is 16.7 Å². The molecule has 1 atom stereocenters. The van der Waals surface area contributed by atoms with Crippen molar-refractivity contribution in [2.75, 3.05) is 6.61 Å². The van der Waals surface area contributed by atoms with E-state index in [1.54, 1.807) is 6.20 Å². The second kappa shape index (κ2) is 6.73. The van der Waals surface area contributed by atoms with E-state index in [4.69, 9.17) is 4.74 Å². The van der Waals surface area contributed by atoms with Crippen LogP contribution in [0.5, 0.6) is 5.75 Å². The number of pyridine rings is 1. The third-order valence-corrected chi connectivity index (χ3v) is 3.53. The van der Waals surface area contributed by atoms with E-state index in [1.165, 1.54) is 17.5 Å². The maximum atomic E-state index is 10.0. The van der Waals surface area contributed by atoms with Gasteiger partial charge in [-0.15, -0.1) is 12.4 Å². The van der Waals surface area contributed by atoms with Crippen LogP contribution in [0.15, 0.2) is 42.6 Å². The number of hydrogen-bond acceptors (Lipinski definition) is 3. The molecule has 1 aliphatic rings. The van der Waals surface area contributed by atoms with Gasteiger partial charge in [-0.05, 0) is 48.6 Å². The van der Waals surface area contributed by atoms with Crippen LogP contribution in [0.25, 0.3) is 0 Å². The first-order chi connectivity index (χ1) is 9.34. The SMILES string of the molecule is Cl.OC(COc1cccc2c1CCC2)c1ccccn1. The smallest absolute Gasteiger partial charge is 0.130 e. The predicted octanol–water partition coefficient (Wildman–Crippen LogP) is 3.10. The molecule has 1 heterocycles. The lowest BCUT2D eigenvalue weighted by Crippen LogP contribution is -2.11. The maximum absolute atomic E-state index is 10.0. The molecule has 0 saturated heterocycles. The van der Waals surface area contributed by atoms with Gasteiger partial charge in [0.2, 0.25) is 0 Å². The molecule has 0 amide bonds. The maximum Gasteiger partial charge on any atom is 0.130 e. The van der Waals surface area contributed by atoms with Crippen molar-refractivity contribution in [2.45, 2.75) is 25.4 Å². The van der Waals surface area contributed by atoms with Crippen molar-refractivity contribution in [3.05, 3.63) is 59.4 Å². The Balaban J connectivity index is 0.00000147. The molecule has 3 rings (SSSR count). The highest BCUT2D eigenvalue weighted by atomic mass is 35.5. The van der Waals surface area contributed by atoms with Gasteiger partial charge in [-0.25, -0.2) is 0 Å². The molecule has 1 aromatic carbocycles. The van der Waals surface area contributed by atoms with Crippen LogP contribution < -0.4 is 4.74 Å². The van der Waals surface area contributed by atoms with Gasteiger partial charge in [0.25, 0.3) is 0 Å². The highest BCUT2D eigenvalue weighted by Crippen LogP contribution is 2.30. The topological polar surface area (TPSA) is 42.4 Å². The van der Waals surface area contributed by atoms with E-state index >= 15 is 0 Å². The summed E-state index contributed by atoms with van der Waals surface area (Å²) < 4.78 is 5.78. The minimum atomic E-state index is -0.682. The summed E-state index contributed by atoms with van der Waals surface area (Å²) in [6.45, 7) is 0.244. The Morgan fingerprint density at radius 3 is 2.85 bits per heavy atom. The molecule has 4 heteroatoms. The molecule has 0 bridgehead atoms. The van der Waals surface area contributed by atoms with Gasteiger partial charge in [0.1, 0.15) is 18.5 Å². The molecule has 0 aliphatic heterocycles. The largest absolute Gasteiger partial charge is 0.490 e. The summed E-state index contributed by atoms with van der Waals surface area (Å²) in [5, 5.41) is 10.0. The van der Waals surface area contributed by atoms with Crippen LogP contribution in [0.1, 0.15) is 29.3 Å². The number of halogens is 1. The lowest BCUT2D eigenvalue weighted by atomic mass is 10.1. The molecule has 1 aliphatic carbocycles. The van der Waals surface area contributed by atoms with Gasteiger partial charge >= 0.3 is 0 Å². The molecule has 0 spiro atoms. The van der Waals surface area contributed by atoms with E-state index in [0.29, 0.717) is 5.69 Å². The first kappa shape index (κ1) is 14.8. The number of aliphatic hydroxyl groups is 1. The average Bonchev–Trinajstić information content (AvgIpc) is 2.94. The van der Waals surface area contributed by atoms with Crippen LogP contribution in [0, 0.1) is 0 Å². The molecular weight excluding hydrogens is 274 g/mol. The van der Waals surface area contributed by atoms with Crippen LogP contribution in [0.4, 0.5) is 0 Å². The minimum absolute atomic E-state index is 0. The molecule has 3 nitrogen and oxygen atoms in total. The Morgan fingerprint density at radius 2 is 2.05 bits per heavy atom. The van der Waals surface area contributed by atoms with E-state index in [0.717, 1.165) is 18.6 Å². The van der Waals surface area contributed by atoms with Crippen LogP contribution >= 0.6 is 12.4 Å². The standard InChI is InChI=1S/C16H17NO2.ClH/c18-15(14-8-1-2-10-17-14)11-19-16-9-4-6-12-5-3-7-13(12)16;/h1-2,4,6,8-10,15,18H,3,5,7,11H2;1H. The fourth-order valence-electron chi connectivity index (χ4n) is 2.55. The number of benzene rings is 1. The number of aromatic nitrogens is 1. The second-order valence-corrected chi connectivity index (χ2v) is 4.83. The second-order valence-electron chi connectivity index (χ2n) is 4.83. The summed E-state index contributed by atoms with van der Waals surface area (Å²) in [6.07, 6.45) is 4.40. The van der Waals surface area contributed by atoms with Crippen molar-refractivity contribution < 1.29 is 9.84 Å². The van der Waals surface area contributed by atoms with Crippen molar-refractivity contribution in [3.63, 3.8) is 0 Å². The number of aliphatic hydroxyl groups excluding tert-OH is 1. The molecule has 0 fully saturated rings. The third kappa shape index (κ3) is 3.11.